The van der Waals surface area contributed by atoms with Gasteiger partial charge in [0.2, 0.25) is 11.8 Å². The summed E-state index contributed by atoms with van der Waals surface area (Å²) in [5, 5.41) is 2.90. The number of nitrogens with one attached hydrogen (secondary N) is 1. The average molecular weight is 346 g/mol. The first kappa shape index (κ1) is 19.0. The molecule has 136 valence electrons. The van der Waals surface area contributed by atoms with Crippen LogP contribution in [0.1, 0.15) is 44.0 Å². The van der Waals surface area contributed by atoms with Gasteiger partial charge in [-0.15, -0.1) is 0 Å². The second kappa shape index (κ2) is 8.65. The van der Waals surface area contributed by atoms with Crippen molar-refractivity contribution < 1.29 is 19.1 Å². The van der Waals surface area contributed by atoms with Crippen LogP contribution in [0.4, 0.5) is 5.69 Å². The molecule has 1 atom stereocenters. The lowest BCUT2D eigenvalue weighted by atomic mass is 10.1. The lowest BCUT2D eigenvalue weighted by Crippen LogP contribution is -2.34. The molecule has 1 fully saturated rings. The Morgan fingerprint density at radius 1 is 1.32 bits per heavy atom. The quantitative estimate of drug-likeness (QED) is 0.769. The molecule has 0 aromatic heterocycles. The van der Waals surface area contributed by atoms with Crippen LogP contribution in [0.25, 0.3) is 0 Å². The molecule has 1 N–H and O–H groups in total. The van der Waals surface area contributed by atoms with Gasteiger partial charge in [0.25, 0.3) is 0 Å². The Morgan fingerprint density at radius 2 is 2.04 bits per heavy atom. The molecular formula is C19H26N2O4. The van der Waals surface area contributed by atoms with E-state index in [1.807, 2.05) is 0 Å². The number of nitrogens with zero attached hydrogens (tertiary/aromatic N) is 1. The number of anilines is 1. The molecule has 1 aromatic carbocycles. The predicted octanol–water partition coefficient (Wildman–Crippen LogP) is 2.38. The van der Waals surface area contributed by atoms with Crippen molar-refractivity contribution in [2.75, 3.05) is 24.6 Å². The van der Waals surface area contributed by atoms with E-state index >= 15 is 0 Å². The molecule has 1 aromatic rings. The maximum atomic E-state index is 12.4. The number of hydrogen-bond donors (Lipinski definition) is 1. The third-order valence-electron chi connectivity index (χ3n) is 4.21. The van der Waals surface area contributed by atoms with Gasteiger partial charge in [0.1, 0.15) is 0 Å². The standard InChI is InChI=1S/C19H26N2O4/c1-4-25-19(24)15-7-5-6-8-16(15)21-12-14(11-17(21)22)18(23)20-10-9-13(2)3/h5-8,13-14H,4,9-12H2,1-3H3,(H,20,23). The van der Waals surface area contributed by atoms with Crippen LogP contribution in [0.15, 0.2) is 24.3 Å². The van der Waals surface area contributed by atoms with Gasteiger partial charge >= 0.3 is 5.97 Å². The topological polar surface area (TPSA) is 75.7 Å². The highest BCUT2D eigenvalue weighted by Crippen LogP contribution is 2.28. The first-order chi connectivity index (χ1) is 11.9. The first-order valence-corrected chi connectivity index (χ1v) is 8.78. The van der Waals surface area contributed by atoms with E-state index in [4.69, 9.17) is 4.74 Å². The van der Waals surface area contributed by atoms with Crippen LogP contribution in [0.3, 0.4) is 0 Å². The monoisotopic (exact) mass is 346 g/mol. The van der Waals surface area contributed by atoms with Gasteiger partial charge in [-0.1, -0.05) is 26.0 Å². The summed E-state index contributed by atoms with van der Waals surface area (Å²) in [5.74, 6) is -0.602. The van der Waals surface area contributed by atoms with Gasteiger partial charge in [-0.2, -0.15) is 0 Å². The van der Waals surface area contributed by atoms with Crippen molar-refractivity contribution >= 4 is 23.5 Å². The summed E-state index contributed by atoms with van der Waals surface area (Å²) in [4.78, 5) is 38.3. The normalized spacial score (nSPS) is 17.0. The molecule has 0 aliphatic carbocycles. The second-order valence-corrected chi connectivity index (χ2v) is 6.62. The maximum absolute atomic E-state index is 12.4. The number of carbonyl (C=O) groups excluding carboxylic acids is 3. The lowest BCUT2D eigenvalue weighted by molar-refractivity contribution is -0.126. The zero-order valence-corrected chi connectivity index (χ0v) is 15.1. The number of rotatable bonds is 7. The molecule has 1 aliphatic rings. The van der Waals surface area contributed by atoms with Crippen molar-refractivity contribution in [2.45, 2.75) is 33.6 Å². The van der Waals surface area contributed by atoms with Gasteiger partial charge in [-0.3, -0.25) is 9.59 Å². The van der Waals surface area contributed by atoms with E-state index in [1.165, 1.54) is 4.90 Å². The molecule has 1 aliphatic heterocycles. The fourth-order valence-electron chi connectivity index (χ4n) is 2.83. The van der Waals surface area contributed by atoms with Gasteiger partial charge in [0.05, 0.1) is 23.8 Å². The molecule has 0 radical (unpaired) electrons. The minimum absolute atomic E-state index is 0.106. The predicted molar refractivity (Wildman–Crippen MR) is 95.3 cm³/mol. The van der Waals surface area contributed by atoms with E-state index in [2.05, 4.69) is 19.2 Å². The van der Waals surface area contributed by atoms with Crippen LogP contribution in [0.5, 0.6) is 0 Å². The van der Waals surface area contributed by atoms with Crippen LogP contribution in [0, 0.1) is 11.8 Å². The lowest BCUT2D eigenvalue weighted by Gasteiger charge is -2.19. The van der Waals surface area contributed by atoms with Crippen LogP contribution in [-0.4, -0.2) is 37.5 Å². The highest BCUT2D eigenvalue weighted by molar-refractivity contribution is 6.05. The maximum Gasteiger partial charge on any atom is 0.340 e. The van der Waals surface area contributed by atoms with E-state index in [0.717, 1.165) is 6.42 Å². The van der Waals surface area contributed by atoms with Crippen LogP contribution < -0.4 is 10.2 Å². The average Bonchev–Trinajstić information content (AvgIpc) is 2.96. The molecule has 1 saturated heterocycles. The van der Waals surface area contributed by atoms with Crippen molar-refractivity contribution in [1.29, 1.82) is 0 Å². The third-order valence-corrected chi connectivity index (χ3v) is 4.21. The Kier molecular flexibility index (Phi) is 6.56. The highest BCUT2D eigenvalue weighted by atomic mass is 16.5. The fraction of sp³-hybridized carbons (Fsp3) is 0.526. The van der Waals surface area contributed by atoms with Crippen molar-refractivity contribution in [1.82, 2.24) is 5.32 Å². The summed E-state index contributed by atoms with van der Waals surface area (Å²) < 4.78 is 5.06. The fourth-order valence-corrected chi connectivity index (χ4v) is 2.83. The number of carbonyl (C=O) groups is 3. The van der Waals surface area contributed by atoms with E-state index < -0.39 is 11.9 Å². The van der Waals surface area contributed by atoms with Gasteiger partial charge in [0.15, 0.2) is 0 Å². The molecule has 1 unspecified atom stereocenters. The van der Waals surface area contributed by atoms with Crippen molar-refractivity contribution in [2.24, 2.45) is 11.8 Å². The molecule has 25 heavy (non-hydrogen) atoms. The van der Waals surface area contributed by atoms with E-state index in [0.29, 0.717) is 23.7 Å². The van der Waals surface area contributed by atoms with Crippen LogP contribution in [0.2, 0.25) is 0 Å². The number of hydrogen-bond acceptors (Lipinski definition) is 4. The zero-order chi connectivity index (χ0) is 18.4. The summed E-state index contributed by atoms with van der Waals surface area (Å²) in [5.41, 5.74) is 0.849. The molecule has 2 amide bonds. The Balaban J connectivity index is 2.08. The molecule has 0 bridgehead atoms. The Bertz CT molecular complexity index is 642. The minimum Gasteiger partial charge on any atom is -0.462 e. The summed E-state index contributed by atoms with van der Waals surface area (Å²) in [6.45, 7) is 7.09. The Labute approximate surface area is 148 Å². The SMILES string of the molecule is CCOC(=O)c1ccccc1N1CC(C(=O)NCCC(C)C)CC1=O. The Morgan fingerprint density at radius 3 is 2.72 bits per heavy atom. The molecule has 0 spiro atoms. The second-order valence-electron chi connectivity index (χ2n) is 6.62. The summed E-state index contributed by atoms with van der Waals surface area (Å²) >= 11 is 0. The third kappa shape index (κ3) is 4.81. The molecule has 1 heterocycles. The number of para-hydroxylation sites is 1. The van der Waals surface area contributed by atoms with Gasteiger partial charge in [-0.25, -0.2) is 4.79 Å². The summed E-state index contributed by atoms with van der Waals surface area (Å²) in [6.07, 6.45) is 1.06. The van der Waals surface area contributed by atoms with Gasteiger partial charge in [-0.05, 0) is 31.4 Å². The van der Waals surface area contributed by atoms with E-state index in [9.17, 15) is 14.4 Å². The number of ether oxygens (including phenoxy) is 1. The largest absolute Gasteiger partial charge is 0.462 e. The molecule has 2 rings (SSSR count). The number of esters is 1. The molecule has 6 nitrogen and oxygen atoms in total. The summed E-state index contributed by atoms with van der Waals surface area (Å²) in [7, 11) is 0. The zero-order valence-electron chi connectivity index (χ0n) is 15.1. The van der Waals surface area contributed by atoms with E-state index in [-0.39, 0.29) is 31.4 Å². The molecular weight excluding hydrogens is 320 g/mol. The smallest absolute Gasteiger partial charge is 0.340 e. The van der Waals surface area contributed by atoms with E-state index in [1.54, 1.807) is 31.2 Å². The van der Waals surface area contributed by atoms with Gasteiger partial charge in [0, 0.05) is 19.5 Å². The highest BCUT2D eigenvalue weighted by Gasteiger charge is 2.36. The van der Waals surface area contributed by atoms with Crippen molar-refractivity contribution in [3.8, 4) is 0 Å². The van der Waals surface area contributed by atoms with Crippen LogP contribution in [-0.2, 0) is 14.3 Å². The first-order valence-electron chi connectivity index (χ1n) is 8.78. The van der Waals surface area contributed by atoms with Crippen molar-refractivity contribution in [3.63, 3.8) is 0 Å². The molecule has 6 heteroatoms. The number of amides is 2. The molecule has 0 saturated carbocycles. The van der Waals surface area contributed by atoms with Gasteiger partial charge < -0.3 is 15.0 Å². The summed E-state index contributed by atoms with van der Waals surface area (Å²) in [6, 6.07) is 6.84. The van der Waals surface area contributed by atoms with Crippen molar-refractivity contribution in [3.05, 3.63) is 29.8 Å². The minimum atomic E-state index is -0.462. The van der Waals surface area contributed by atoms with Crippen LogP contribution >= 0.6 is 0 Å². The Hall–Kier alpha value is -2.37. The number of benzene rings is 1.